The number of aromatic nitrogens is 2. The van der Waals surface area contributed by atoms with E-state index in [0.717, 1.165) is 11.0 Å². The molecule has 3 aromatic rings. The summed E-state index contributed by atoms with van der Waals surface area (Å²) in [6.07, 6.45) is 1.59. The third-order valence-corrected chi connectivity index (χ3v) is 4.02. The van der Waals surface area contributed by atoms with Crippen molar-refractivity contribution in [3.05, 3.63) is 53.1 Å². The number of H-pyrrole nitrogens is 1. The van der Waals surface area contributed by atoms with Crippen molar-refractivity contribution in [1.29, 1.82) is 0 Å². The Bertz CT molecular complexity index is 815. The minimum absolute atomic E-state index is 0.217. The number of nitrogens with one attached hydrogen (secondary N) is 1. The summed E-state index contributed by atoms with van der Waals surface area (Å²) in [5.74, 6) is -0.217. The average molecular weight is 303 g/mol. The molecule has 108 valence electrons. The van der Waals surface area contributed by atoms with Crippen molar-refractivity contribution in [3.63, 3.8) is 0 Å². The van der Waals surface area contributed by atoms with Crippen LogP contribution in [0.2, 0.25) is 5.02 Å². The second kappa shape index (κ2) is 4.85. The lowest BCUT2D eigenvalue weighted by Gasteiger charge is -2.21. The molecule has 21 heavy (non-hydrogen) atoms. The van der Waals surface area contributed by atoms with Crippen molar-refractivity contribution < 1.29 is 4.39 Å². The zero-order valence-corrected chi connectivity index (χ0v) is 12.9. The molecule has 0 aliphatic rings. The largest absolute Gasteiger partial charge is 0.343 e. The van der Waals surface area contributed by atoms with Crippen molar-refractivity contribution in [2.24, 2.45) is 0 Å². The van der Waals surface area contributed by atoms with Gasteiger partial charge in [-0.15, -0.1) is 0 Å². The van der Waals surface area contributed by atoms with Gasteiger partial charge in [-0.25, -0.2) is 9.37 Å². The molecule has 0 amide bonds. The number of fused-ring (bicyclic) bond motifs is 1. The van der Waals surface area contributed by atoms with Crippen LogP contribution in [0.1, 0.15) is 26.3 Å². The van der Waals surface area contributed by atoms with Crippen LogP contribution >= 0.6 is 11.6 Å². The fraction of sp³-hybridized carbons (Fsp3) is 0.235. The van der Waals surface area contributed by atoms with Crippen LogP contribution < -0.4 is 0 Å². The van der Waals surface area contributed by atoms with Crippen molar-refractivity contribution in [1.82, 2.24) is 9.97 Å². The molecule has 0 bridgehead atoms. The van der Waals surface area contributed by atoms with Crippen LogP contribution in [0.3, 0.4) is 0 Å². The number of aromatic amines is 1. The molecule has 0 fully saturated rings. The lowest BCUT2D eigenvalue weighted by Crippen LogP contribution is -2.14. The maximum Gasteiger partial charge on any atom is 0.134 e. The molecule has 2 nitrogen and oxygen atoms in total. The highest BCUT2D eigenvalue weighted by molar-refractivity contribution is 6.37. The summed E-state index contributed by atoms with van der Waals surface area (Å²) >= 11 is 6.42. The van der Waals surface area contributed by atoms with E-state index in [0.29, 0.717) is 21.7 Å². The predicted molar refractivity (Wildman–Crippen MR) is 85.2 cm³/mol. The van der Waals surface area contributed by atoms with Gasteiger partial charge in [0.25, 0.3) is 0 Å². The van der Waals surface area contributed by atoms with E-state index in [9.17, 15) is 4.39 Å². The molecule has 4 heteroatoms. The molecule has 0 saturated heterocycles. The Morgan fingerprint density at radius 1 is 1.10 bits per heavy atom. The first-order valence-corrected chi connectivity index (χ1v) is 7.18. The van der Waals surface area contributed by atoms with Crippen LogP contribution in [-0.4, -0.2) is 9.97 Å². The van der Waals surface area contributed by atoms with E-state index in [1.54, 1.807) is 12.4 Å². The molecule has 0 spiro atoms. The Hall–Kier alpha value is -1.87. The Labute approximate surface area is 128 Å². The minimum atomic E-state index is -0.259. The number of nitrogens with zero attached hydrogens (tertiary/aromatic N) is 1. The van der Waals surface area contributed by atoms with Gasteiger partial charge in [-0.3, -0.25) is 0 Å². The molecule has 1 heterocycles. The molecule has 3 rings (SSSR count). The Balaban J connectivity index is 2.26. The van der Waals surface area contributed by atoms with E-state index < -0.39 is 0 Å². The van der Waals surface area contributed by atoms with Crippen LogP contribution in [0.15, 0.2) is 36.7 Å². The number of hydrogen-bond acceptors (Lipinski definition) is 1. The van der Waals surface area contributed by atoms with Gasteiger partial charge in [-0.1, -0.05) is 56.6 Å². The third kappa shape index (κ3) is 2.32. The molecular formula is C17H16ClFN2. The van der Waals surface area contributed by atoms with Gasteiger partial charge in [0.1, 0.15) is 5.82 Å². The number of rotatable bonds is 1. The van der Waals surface area contributed by atoms with E-state index in [1.165, 1.54) is 0 Å². The zero-order chi connectivity index (χ0) is 15.2. The van der Waals surface area contributed by atoms with Gasteiger partial charge in [0.2, 0.25) is 0 Å². The van der Waals surface area contributed by atoms with Gasteiger partial charge in [0.15, 0.2) is 0 Å². The van der Waals surface area contributed by atoms with Crippen molar-refractivity contribution in [3.8, 4) is 11.1 Å². The molecule has 2 aromatic carbocycles. The van der Waals surface area contributed by atoms with Crippen molar-refractivity contribution in [2.75, 3.05) is 0 Å². The van der Waals surface area contributed by atoms with Crippen molar-refractivity contribution in [2.45, 2.75) is 26.2 Å². The smallest absolute Gasteiger partial charge is 0.134 e. The van der Waals surface area contributed by atoms with Crippen LogP contribution in [0, 0.1) is 5.82 Å². The van der Waals surface area contributed by atoms with Gasteiger partial charge in [0.05, 0.1) is 22.4 Å². The van der Waals surface area contributed by atoms with Crippen LogP contribution in [0.4, 0.5) is 4.39 Å². The SMILES string of the molecule is CC(C)(C)c1cccc(-c2ccc3nc[nH]c3c2Cl)c1F. The predicted octanol–water partition coefficient (Wildman–Crippen LogP) is 5.32. The molecule has 1 aromatic heterocycles. The highest BCUT2D eigenvalue weighted by Crippen LogP contribution is 2.37. The van der Waals surface area contributed by atoms with E-state index >= 15 is 0 Å². The molecule has 0 radical (unpaired) electrons. The summed E-state index contributed by atoms with van der Waals surface area (Å²) in [6.45, 7) is 5.98. The molecule has 0 aliphatic carbocycles. The Morgan fingerprint density at radius 2 is 1.86 bits per heavy atom. The van der Waals surface area contributed by atoms with Crippen LogP contribution in [0.25, 0.3) is 22.2 Å². The summed E-state index contributed by atoms with van der Waals surface area (Å²) in [5.41, 5.74) is 3.12. The quantitative estimate of drug-likeness (QED) is 0.647. The molecule has 0 saturated carbocycles. The summed E-state index contributed by atoms with van der Waals surface area (Å²) in [5, 5.41) is 0.495. The maximum absolute atomic E-state index is 14.9. The molecule has 1 N–H and O–H groups in total. The van der Waals surface area contributed by atoms with E-state index in [1.807, 2.05) is 45.0 Å². The summed E-state index contributed by atoms with van der Waals surface area (Å²) in [7, 11) is 0. The first-order valence-electron chi connectivity index (χ1n) is 6.80. The lowest BCUT2D eigenvalue weighted by atomic mass is 9.85. The van der Waals surface area contributed by atoms with E-state index in [2.05, 4.69) is 9.97 Å². The molecule has 0 atom stereocenters. The van der Waals surface area contributed by atoms with Gasteiger partial charge in [-0.05, 0) is 17.0 Å². The first-order chi connectivity index (χ1) is 9.89. The number of benzene rings is 2. The zero-order valence-electron chi connectivity index (χ0n) is 12.2. The van der Waals surface area contributed by atoms with Crippen LogP contribution in [-0.2, 0) is 5.41 Å². The molecule has 0 aliphatic heterocycles. The van der Waals surface area contributed by atoms with Gasteiger partial charge in [0, 0.05) is 11.1 Å². The van der Waals surface area contributed by atoms with E-state index in [4.69, 9.17) is 11.6 Å². The molecule has 0 unspecified atom stereocenters. The number of halogens is 2. The summed E-state index contributed by atoms with van der Waals surface area (Å²) < 4.78 is 14.9. The molecular weight excluding hydrogens is 287 g/mol. The van der Waals surface area contributed by atoms with Crippen molar-refractivity contribution >= 4 is 22.6 Å². The fourth-order valence-electron chi connectivity index (χ4n) is 2.50. The summed E-state index contributed by atoms with van der Waals surface area (Å²) in [4.78, 5) is 7.16. The second-order valence-corrected chi connectivity index (χ2v) is 6.52. The second-order valence-electron chi connectivity index (χ2n) is 6.14. The Kier molecular flexibility index (Phi) is 3.25. The monoisotopic (exact) mass is 302 g/mol. The number of hydrogen-bond donors (Lipinski definition) is 1. The maximum atomic E-state index is 14.9. The third-order valence-electron chi connectivity index (χ3n) is 3.63. The van der Waals surface area contributed by atoms with Gasteiger partial charge in [-0.2, -0.15) is 0 Å². The van der Waals surface area contributed by atoms with Gasteiger partial charge >= 0.3 is 0 Å². The average Bonchev–Trinajstić information content (AvgIpc) is 2.88. The highest BCUT2D eigenvalue weighted by atomic mass is 35.5. The topological polar surface area (TPSA) is 28.7 Å². The van der Waals surface area contributed by atoms with Gasteiger partial charge < -0.3 is 4.98 Å². The first kappa shape index (κ1) is 14.1. The van der Waals surface area contributed by atoms with Crippen LogP contribution in [0.5, 0.6) is 0 Å². The minimum Gasteiger partial charge on any atom is -0.343 e. The summed E-state index contributed by atoms with van der Waals surface area (Å²) in [6, 6.07) is 9.11. The normalized spacial score (nSPS) is 12.0. The highest BCUT2D eigenvalue weighted by Gasteiger charge is 2.22. The standard InChI is InChI=1S/C17H16ClFN2/c1-17(2,3)12-6-4-5-11(15(12)19)10-7-8-13-16(14(10)18)21-9-20-13/h4-9H,1-3H3,(H,20,21). The van der Waals surface area contributed by atoms with E-state index in [-0.39, 0.29) is 11.2 Å². The lowest BCUT2D eigenvalue weighted by molar-refractivity contribution is 0.525. The Morgan fingerprint density at radius 3 is 2.57 bits per heavy atom. The number of imidazole rings is 1. The fourth-order valence-corrected chi connectivity index (χ4v) is 2.82.